The Balaban J connectivity index is 1.74. The van der Waals surface area contributed by atoms with Crippen molar-refractivity contribution in [2.75, 3.05) is 31.5 Å². The number of pyridine rings is 1. The summed E-state index contributed by atoms with van der Waals surface area (Å²) >= 11 is 0. The Morgan fingerprint density at radius 3 is 2.72 bits per heavy atom. The van der Waals surface area contributed by atoms with Crippen molar-refractivity contribution in [2.24, 2.45) is 0 Å². The Hall–Kier alpha value is -1.69. The third-order valence-electron chi connectivity index (χ3n) is 3.14. The van der Waals surface area contributed by atoms with Crippen LogP contribution in [0.5, 0.6) is 0 Å². The predicted molar refractivity (Wildman–Crippen MR) is 69.7 cm³/mol. The van der Waals surface area contributed by atoms with Crippen LogP contribution in [0.15, 0.2) is 18.3 Å². The number of hydrogen-bond donors (Lipinski definition) is 1. The lowest BCUT2D eigenvalue weighted by molar-refractivity contribution is -0.389. The van der Waals surface area contributed by atoms with Crippen LogP contribution in [0.2, 0.25) is 0 Å². The zero-order chi connectivity index (χ0) is 12.8. The molecule has 0 radical (unpaired) electrons. The molecule has 0 saturated carbocycles. The summed E-state index contributed by atoms with van der Waals surface area (Å²) in [6.45, 7) is 4.22. The van der Waals surface area contributed by atoms with Gasteiger partial charge in [-0.1, -0.05) is 6.42 Å². The summed E-state index contributed by atoms with van der Waals surface area (Å²) < 4.78 is 0. The first kappa shape index (κ1) is 12.8. The van der Waals surface area contributed by atoms with Crippen LogP contribution in [-0.2, 0) is 0 Å². The maximum absolute atomic E-state index is 10.4. The quantitative estimate of drug-likeness (QED) is 0.638. The van der Waals surface area contributed by atoms with E-state index >= 15 is 0 Å². The van der Waals surface area contributed by atoms with Crippen molar-refractivity contribution in [3.63, 3.8) is 0 Å². The summed E-state index contributed by atoms with van der Waals surface area (Å²) in [5.41, 5.74) is 0.831. The summed E-state index contributed by atoms with van der Waals surface area (Å²) in [6, 6.07) is 3.12. The second-order valence-electron chi connectivity index (χ2n) is 4.49. The van der Waals surface area contributed by atoms with Gasteiger partial charge in [-0.25, -0.2) is 0 Å². The lowest BCUT2D eigenvalue weighted by atomic mass is 10.1. The summed E-state index contributed by atoms with van der Waals surface area (Å²) in [5.74, 6) is -0.114. The van der Waals surface area contributed by atoms with E-state index in [-0.39, 0.29) is 5.82 Å². The van der Waals surface area contributed by atoms with Crippen LogP contribution in [0, 0.1) is 10.1 Å². The number of nitrogens with zero attached hydrogens (tertiary/aromatic N) is 3. The van der Waals surface area contributed by atoms with Gasteiger partial charge >= 0.3 is 5.82 Å². The zero-order valence-electron chi connectivity index (χ0n) is 10.3. The Bertz CT molecular complexity index is 388. The minimum atomic E-state index is -0.489. The predicted octanol–water partition coefficient (Wildman–Crippen LogP) is 1.89. The molecule has 1 N–H and O–H groups in total. The maximum Gasteiger partial charge on any atom is 0.363 e. The van der Waals surface area contributed by atoms with E-state index in [0.29, 0.717) is 0 Å². The van der Waals surface area contributed by atoms with Crippen molar-refractivity contribution in [3.05, 3.63) is 28.4 Å². The van der Waals surface area contributed by atoms with Crippen LogP contribution in [0.4, 0.5) is 11.5 Å². The largest absolute Gasteiger partial charge is 0.381 e. The Kier molecular flexibility index (Phi) is 4.46. The third kappa shape index (κ3) is 3.66. The summed E-state index contributed by atoms with van der Waals surface area (Å²) in [6.07, 6.45) is 5.43. The zero-order valence-corrected chi connectivity index (χ0v) is 10.3. The second kappa shape index (κ2) is 6.30. The average molecular weight is 250 g/mol. The van der Waals surface area contributed by atoms with Gasteiger partial charge in [0, 0.05) is 19.2 Å². The van der Waals surface area contributed by atoms with Gasteiger partial charge in [-0.2, -0.15) is 0 Å². The molecule has 0 amide bonds. The van der Waals surface area contributed by atoms with Crippen LogP contribution in [0.25, 0.3) is 0 Å². The summed E-state index contributed by atoms with van der Waals surface area (Å²) in [4.78, 5) is 16.2. The molecule has 0 atom stereocenters. The van der Waals surface area contributed by atoms with E-state index in [0.717, 1.165) is 18.8 Å². The third-order valence-corrected chi connectivity index (χ3v) is 3.14. The molecule has 2 rings (SSSR count). The summed E-state index contributed by atoms with van der Waals surface area (Å²) in [5, 5.41) is 13.7. The molecule has 6 heteroatoms. The molecule has 98 valence electrons. The number of rotatable bonds is 5. The number of anilines is 1. The first-order chi connectivity index (χ1) is 8.75. The van der Waals surface area contributed by atoms with E-state index in [9.17, 15) is 10.1 Å². The van der Waals surface area contributed by atoms with Gasteiger partial charge in [0.2, 0.25) is 0 Å². The van der Waals surface area contributed by atoms with Crippen LogP contribution in [0.1, 0.15) is 19.3 Å². The van der Waals surface area contributed by atoms with E-state index in [1.165, 1.54) is 44.6 Å². The van der Waals surface area contributed by atoms with Crippen molar-refractivity contribution in [1.29, 1.82) is 0 Å². The highest BCUT2D eigenvalue weighted by atomic mass is 16.6. The molecular weight excluding hydrogens is 232 g/mol. The molecule has 1 fully saturated rings. The molecule has 6 nitrogen and oxygen atoms in total. The fourth-order valence-electron chi connectivity index (χ4n) is 2.14. The lowest BCUT2D eigenvalue weighted by Crippen LogP contribution is -2.33. The van der Waals surface area contributed by atoms with Crippen LogP contribution in [-0.4, -0.2) is 41.0 Å². The highest BCUT2D eigenvalue weighted by Gasteiger charge is 2.09. The molecule has 0 spiro atoms. The number of piperidine rings is 1. The van der Waals surface area contributed by atoms with Gasteiger partial charge in [0.15, 0.2) is 6.20 Å². The molecular formula is C12H18N4O2. The minimum Gasteiger partial charge on any atom is -0.381 e. The van der Waals surface area contributed by atoms with E-state index in [1.54, 1.807) is 6.07 Å². The fraction of sp³-hybridized carbons (Fsp3) is 0.583. The van der Waals surface area contributed by atoms with Crippen molar-refractivity contribution >= 4 is 11.5 Å². The minimum absolute atomic E-state index is 0.114. The molecule has 0 aromatic carbocycles. The van der Waals surface area contributed by atoms with Crippen molar-refractivity contribution in [2.45, 2.75) is 19.3 Å². The van der Waals surface area contributed by atoms with Crippen molar-refractivity contribution in [3.8, 4) is 0 Å². The molecule has 1 aliphatic heterocycles. The molecule has 0 bridgehead atoms. The molecule has 1 aromatic heterocycles. The monoisotopic (exact) mass is 250 g/mol. The molecule has 1 aromatic rings. The van der Waals surface area contributed by atoms with E-state index in [4.69, 9.17) is 0 Å². The average Bonchev–Trinajstić information content (AvgIpc) is 2.40. The number of hydrogen-bond acceptors (Lipinski definition) is 5. The van der Waals surface area contributed by atoms with Crippen LogP contribution < -0.4 is 5.32 Å². The van der Waals surface area contributed by atoms with Gasteiger partial charge in [-0.3, -0.25) is 0 Å². The van der Waals surface area contributed by atoms with Gasteiger partial charge in [0.05, 0.1) is 5.69 Å². The van der Waals surface area contributed by atoms with Gasteiger partial charge in [-0.05, 0) is 41.9 Å². The van der Waals surface area contributed by atoms with E-state index in [1.807, 2.05) is 0 Å². The topological polar surface area (TPSA) is 71.3 Å². The maximum atomic E-state index is 10.4. The fourth-order valence-corrected chi connectivity index (χ4v) is 2.14. The number of likely N-dealkylation sites (tertiary alicyclic amines) is 1. The van der Waals surface area contributed by atoms with Crippen molar-refractivity contribution in [1.82, 2.24) is 9.88 Å². The van der Waals surface area contributed by atoms with Crippen LogP contribution >= 0.6 is 0 Å². The number of aromatic nitrogens is 1. The van der Waals surface area contributed by atoms with E-state index < -0.39 is 4.92 Å². The molecule has 0 unspecified atom stereocenters. The SMILES string of the molecule is O=[N+]([O-])c1ccc(NCCN2CCCCC2)cn1. The van der Waals surface area contributed by atoms with Gasteiger partial charge in [0.25, 0.3) is 0 Å². The van der Waals surface area contributed by atoms with Crippen LogP contribution in [0.3, 0.4) is 0 Å². The highest BCUT2D eigenvalue weighted by Crippen LogP contribution is 2.11. The Labute approximate surface area is 106 Å². The molecule has 2 heterocycles. The van der Waals surface area contributed by atoms with E-state index in [2.05, 4.69) is 15.2 Å². The Morgan fingerprint density at radius 2 is 2.11 bits per heavy atom. The smallest absolute Gasteiger partial charge is 0.363 e. The molecule has 18 heavy (non-hydrogen) atoms. The number of nitrogens with one attached hydrogen (secondary N) is 1. The molecule has 1 aliphatic rings. The van der Waals surface area contributed by atoms with Crippen molar-refractivity contribution < 1.29 is 4.92 Å². The van der Waals surface area contributed by atoms with Gasteiger partial charge < -0.3 is 20.3 Å². The van der Waals surface area contributed by atoms with Gasteiger partial charge in [-0.15, -0.1) is 0 Å². The Morgan fingerprint density at radius 1 is 1.33 bits per heavy atom. The standard InChI is InChI=1S/C12H18N4O2/c17-16(18)12-5-4-11(10-14-12)13-6-9-15-7-2-1-3-8-15/h4-5,10,13H,1-3,6-9H2. The lowest BCUT2D eigenvalue weighted by Gasteiger charge is -2.26. The first-order valence-electron chi connectivity index (χ1n) is 6.32. The molecule has 1 saturated heterocycles. The second-order valence-corrected chi connectivity index (χ2v) is 4.49. The summed E-state index contributed by atoms with van der Waals surface area (Å²) in [7, 11) is 0. The highest BCUT2D eigenvalue weighted by molar-refractivity contribution is 5.43. The number of nitro groups is 1. The molecule has 0 aliphatic carbocycles. The normalized spacial score (nSPS) is 16.4. The van der Waals surface area contributed by atoms with Gasteiger partial charge in [0.1, 0.15) is 0 Å². The first-order valence-corrected chi connectivity index (χ1v) is 6.32.